The summed E-state index contributed by atoms with van der Waals surface area (Å²) in [7, 11) is 0. The van der Waals surface area contributed by atoms with Gasteiger partial charge in [0.2, 0.25) is 0 Å². The van der Waals surface area contributed by atoms with E-state index in [0.29, 0.717) is 0 Å². The highest BCUT2D eigenvalue weighted by atomic mass is 15.3. The SMILES string of the molecule is Cc1cccc(N2CCN(CC3CCCN3)CC2)c1. The number of nitrogens with zero attached hydrogens (tertiary/aromatic N) is 2. The molecule has 1 N–H and O–H groups in total. The summed E-state index contributed by atoms with van der Waals surface area (Å²) < 4.78 is 0. The zero-order chi connectivity index (χ0) is 13.1. The highest BCUT2D eigenvalue weighted by Crippen LogP contribution is 2.18. The lowest BCUT2D eigenvalue weighted by Crippen LogP contribution is -2.49. The minimum atomic E-state index is 0.741. The van der Waals surface area contributed by atoms with E-state index in [4.69, 9.17) is 0 Å². The van der Waals surface area contributed by atoms with Gasteiger partial charge in [0.25, 0.3) is 0 Å². The predicted molar refractivity (Wildman–Crippen MR) is 80.9 cm³/mol. The normalized spacial score (nSPS) is 24.9. The van der Waals surface area contributed by atoms with Crippen molar-refractivity contribution in [1.29, 1.82) is 0 Å². The van der Waals surface area contributed by atoms with Crippen molar-refractivity contribution in [3.05, 3.63) is 29.8 Å². The van der Waals surface area contributed by atoms with E-state index < -0.39 is 0 Å². The Bertz CT molecular complexity index is 404. The third kappa shape index (κ3) is 3.28. The third-order valence-electron chi connectivity index (χ3n) is 4.38. The molecule has 1 unspecified atom stereocenters. The van der Waals surface area contributed by atoms with Crippen molar-refractivity contribution in [3.63, 3.8) is 0 Å². The lowest BCUT2D eigenvalue weighted by Gasteiger charge is -2.37. The standard InChI is InChI=1S/C16H25N3/c1-14-4-2-6-16(12-14)19-10-8-18(9-11-19)13-15-5-3-7-17-15/h2,4,6,12,15,17H,3,5,7-11,13H2,1H3. The van der Waals surface area contributed by atoms with Crippen LogP contribution in [0, 0.1) is 6.92 Å². The molecular formula is C16H25N3. The van der Waals surface area contributed by atoms with E-state index >= 15 is 0 Å². The van der Waals surface area contributed by atoms with Crippen molar-refractivity contribution in [2.75, 3.05) is 44.2 Å². The monoisotopic (exact) mass is 259 g/mol. The van der Waals surface area contributed by atoms with Crippen LogP contribution in [0.15, 0.2) is 24.3 Å². The zero-order valence-corrected chi connectivity index (χ0v) is 11.9. The van der Waals surface area contributed by atoms with Crippen molar-refractivity contribution in [3.8, 4) is 0 Å². The van der Waals surface area contributed by atoms with Gasteiger partial charge in [-0.25, -0.2) is 0 Å². The molecule has 0 aliphatic carbocycles. The van der Waals surface area contributed by atoms with E-state index in [9.17, 15) is 0 Å². The summed E-state index contributed by atoms with van der Waals surface area (Å²) >= 11 is 0. The van der Waals surface area contributed by atoms with Crippen LogP contribution in [-0.2, 0) is 0 Å². The smallest absolute Gasteiger partial charge is 0.0369 e. The molecular weight excluding hydrogens is 234 g/mol. The van der Waals surface area contributed by atoms with Crippen LogP contribution in [0.4, 0.5) is 5.69 Å². The topological polar surface area (TPSA) is 18.5 Å². The average molecular weight is 259 g/mol. The first-order valence-electron chi connectivity index (χ1n) is 7.58. The summed E-state index contributed by atoms with van der Waals surface area (Å²) in [5, 5.41) is 3.60. The zero-order valence-electron chi connectivity index (χ0n) is 11.9. The minimum absolute atomic E-state index is 0.741. The second-order valence-corrected chi connectivity index (χ2v) is 5.92. The summed E-state index contributed by atoms with van der Waals surface area (Å²) in [6.07, 6.45) is 2.71. The van der Waals surface area contributed by atoms with Crippen LogP contribution < -0.4 is 10.2 Å². The highest BCUT2D eigenvalue weighted by Gasteiger charge is 2.21. The molecule has 2 heterocycles. The molecule has 0 amide bonds. The van der Waals surface area contributed by atoms with Gasteiger partial charge in [-0.15, -0.1) is 0 Å². The molecule has 3 heteroatoms. The largest absolute Gasteiger partial charge is 0.369 e. The molecule has 19 heavy (non-hydrogen) atoms. The van der Waals surface area contributed by atoms with E-state index in [0.717, 1.165) is 19.1 Å². The van der Waals surface area contributed by atoms with Gasteiger partial charge in [-0.3, -0.25) is 4.90 Å². The van der Waals surface area contributed by atoms with Gasteiger partial charge >= 0.3 is 0 Å². The Morgan fingerprint density at radius 1 is 1.21 bits per heavy atom. The molecule has 2 aliphatic heterocycles. The molecule has 104 valence electrons. The average Bonchev–Trinajstić information content (AvgIpc) is 2.92. The van der Waals surface area contributed by atoms with Crippen molar-refractivity contribution in [1.82, 2.24) is 10.2 Å². The second kappa shape index (κ2) is 5.93. The number of nitrogens with one attached hydrogen (secondary N) is 1. The first kappa shape index (κ1) is 12.9. The van der Waals surface area contributed by atoms with Gasteiger partial charge in [-0.1, -0.05) is 12.1 Å². The first-order valence-corrected chi connectivity index (χ1v) is 7.58. The maximum atomic E-state index is 3.60. The van der Waals surface area contributed by atoms with Gasteiger partial charge in [0.15, 0.2) is 0 Å². The maximum absolute atomic E-state index is 3.60. The number of rotatable bonds is 3. The minimum Gasteiger partial charge on any atom is -0.369 e. The predicted octanol–water partition coefficient (Wildman–Crippen LogP) is 1.87. The van der Waals surface area contributed by atoms with Crippen LogP contribution in [0.3, 0.4) is 0 Å². The van der Waals surface area contributed by atoms with Crippen LogP contribution in [0.25, 0.3) is 0 Å². The summed E-state index contributed by atoms with van der Waals surface area (Å²) in [4.78, 5) is 5.14. The van der Waals surface area contributed by atoms with Gasteiger partial charge in [0, 0.05) is 44.5 Å². The van der Waals surface area contributed by atoms with E-state index in [1.54, 1.807) is 0 Å². The van der Waals surface area contributed by atoms with Gasteiger partial charge in [-0.05, 0) is 44.0 Å². The van der Waals surface area contributed by atoms with Crippen LogP contribution in [0.5, 0.6) is 0 Å². The summed E-state index contributed by atoms with van der Waals surface area (Å²) in [5.74, 6) is 0. The Labute approximate surface area is 116 Å². The van der Waals surface area contributed by atoms with Crippen molar-refractivity contribution >= 4 is 5.69 Å². The molecule has 3 rings (SSSR count). The van der Waals surface area contributed by atoms with Crippen molar-refractivity contribution in [2.45, 2.75) is 25.8 Å². The highest BCUT2D eigenvalue weighted by molar-refractivity contribution is 5.48. The quantitative estimate of drug-likeness (QED) is 0.894. The van der Waals surface area contributed by atoms with Gasteiger partial charge in [0.05, 0.1) is 0 Å². The third-order valence-corrected chi connectivity index (χ3v) is 4.38. The fraction of sp³-hybridized carbons (Fsp3) is 0.625. The van der Waals surface area contributed by atoms with Crippen LogP contribution in [-0.4, -0.2) is 50.2 Å². The lowest BCUT2D eigenvalue weighted by atomic mass is 10.1. The van der Waals surface area contributed by atoms with E-state index in [1.165, 1.54) is 50.3 Å². The fourth-order valence-corrected chi connectivity index (χ4v) is 3.24. The van der Waals surface area contributed by atoms with Crippen LogP contribution >= 0.6 is 0 Å². The number of hydrogen-bond donors (Lipinski definition) is 1. The van der Waals surface area contributed by atoms with Crippen LogP contribution in [0.1, 0.15) is 18.4 Å². The van der Waals surface area contributed by atoms with E-state index in [2.05, 4.69) is 46.3 Å². The molecule has 1 atom stereocenters. The Morgan fingerprint density at radius 2 is 2.05 bits per heavy atom. The van der Waals surface area contributed by atoms with E-state index in [-0.39, 0.29) is 0 Å². The second-order valence-electron chi connectivity index (χ2n) is 5.92. The van der Waals surface area contributed by atoms with Gasteiger partial charge in [0.1, 0.15) is 0 Å². The van der Waals surface area contributed by atoms with Crippen LogP contribution in [0.2, 0.25) is 0 Å². The maximum Gasteiger partial charge on any atom is 0.0369 e. The molecule has 2 saturated heterocycles. The molecule has 0 aromatic heterocycles. The Kier molecular flexibility index (Phi) is 4.04. The lowest BCUT2D eigenvalue weighted by molar-refractivity contribution is 0.236. The summed E-state index contributed by atoms with van der Waals surface area (Å²) in [6.45, 7) is 9.35. The van der Waals surface area contributed by atoms with Crippen molar-refractivity contribution in [2.24, 2.45) is 0 Å². The molecule has 0 spiro atoms. The molecule has 0 saturated carbocycles. The number of aryl methyl sites for hydroxylation is 1. The molecule has 2 aliphatic rings. The molecule has 2 fully saturated rings. The number of benzene rings is 1. The molecule has 1 aromatic rings. The van der Waals surface area contributed by atoms with E-state index in [1.807, 2.05) is 0 Å². The Hall–Kier alpha value is -1.06. The fourth-order valence-electron chi connectivity index (χ4n) is 3.24. The molecule has 3 nitrogen and oxygen atoms in total. The number of anilines is 1. The Balaban J connectivity index is 1.51. The summed E-state index contributed by atoms with van der Waals surface area (Å²) in [5.41, 5.74) is 2.74. The van der Waals surface area contributed by atoms with Crippen molar-refractivity contribution < 1.29 is 0 Å². The Morgan fingerprint density at radius 3 is 2.74 bits per heavy atom. The van der Waals surface area contributed by atoms with Gasteiger partial charge in [-0.2, -0.15) is 0 Å². The molecule has 1 aromatic carbocycles. The number of piperazine rings is 1. The van der Waals surface area contributed by atoms with Gasteiger partial charge < -0.3 is 10.2 Å². The number of hydrogen-bond acceptors (Lipinski definition) is 3. The molecule has 0 radical (unpaired) electrons. The first-order chi connectivity index (χ1) is 9.31. The summed E-state index contributed by atoms with van der Waals surface area (Å²) in [6, 6.07) is 9.62. The molecule has 0 bridgehead atoms.